The first kappa shape index (κ1) is 12.7. The maximum Gasteiger partial charge on any atom is 0.335 e. The standard InChI is InChI=1S/C11H14O4S/c1-3-4-8-7-9(16(2,14)15)5-6-10(8)11(12)13/h5-7H,3-4H2,1-2H3,(H,12,13). The summed E-state index contributed by atoms with van der Waals surface area (Å²) in [7, 11) is -3.28. The third kappa shape index (κ3) is 2.82. The Hall–Kier alpha value is -1.36. The number of sulfone groups is 1. The highest BCUT2D eigenvalue weighted by Gasteiger charge is 2.14. The number of aromatic carboxylic acids is 1. The summed E-state index contributed by atoms with van der Waals surface area (Å²) in [5.74, 6) is -1.02. The van der Waals surface area contributed by atoms with Gasteiger partial charge >= 0.3 is 5.97 Å². The van der Waals surface area contributed by atoms with Crippen LogP contribution >= 0.6 is 0 Å². The van der Waals surface area contributed by atoms with Gasteiger partial charge in [0.25, 0.3) is 0 Å². The topological polar surface area (TPSA) is 71.4 Å². The van der Waals surface area contributed by atoms with E-state index in [-0.39, 0.29) is 10.5 Å². The Labute approximate surface area is 94.8 Å². The van der Waals surface area contributed by atoms with Crippen LogP contribution in [0, 0.1) is 0 Å². The quantitative estimate of drug-likeness (QED) is 0.873. The Morgan fingerprint density at radius 1 is 1.38 bits per heavy atom. The fourth-order valence-corrected chi connectivity index (χ4v) is 2.16. The zero-order valence-electron chi connectivity index (χ0n) is 9.23. The van der Waals surface area contributed by atoms with Crippen LogP contribution in [0.4, 0.5) is 0 Å². The van der Waals surface area contributed by atoms with Gasteiger partial charge in [-0.15, -0.1) is 0 Å². The zero-order valence-corrected chi connectivity index (χ0v) is 10.0. The molecule has 0 fully saturated rings. The number of benzene rings is 1. The van der Waals surface area contributed by atoms with Crippen molar-refractivity contribution in [1.82, 2.24) is 0 Å². The first-order chi connectivity index (χ1) is 7.36. The van der Waals surface area contributed by atoms with Gasteiger partial charge in [0.2, 0.25) is 0 Å². The van der Waals surface area contributed by atoms with Crippen LogP contribution in [-0.4, -0.2) is 25.7 Å². The summed E-state index contributed by atoms with van der Waals surface area (Å²) in [5, 5.41) is 8.94. The Balaban J connectivity index is 3.33. The van der Waals surface area contributed by atoms with Gasteiger partial charge in [0.1, 0.15) is 0 Å². The molecule has 0 aliphatic heterocycles. The van der Waals surface area contributed by atoms with E-state index in [1.54, 1.807) is 0 Å². The van der Waals surface area contributed by atoms with E-state index in [4.69, 9.17) is 5.11 Å². The van der Waals surface area contributed by atoms with Gasteiger partial charge in [-0.2, -0.15) is 0 Å². The molecule has 1 N–H and O–H groups in total. The van der Waals surface area contributed by atoms with Crippen molar-refractivity contribution in [3.05, 3.63) is 29.3 Å². The smallest absolute Gasteiger partial charge is 0.335 e. The van der Waals surface area contributed by atoms with E-state index >= 15 is 0 Å². The van der Waals surface area contributed by atoms with E-state index < -0.39 is 15.8 Å². The largest absolute Gasteiger partial charge is 0.478 e. The molecule has 0 amide bonds. The number of hydrogen-bond acceptors (Lipinski definition) is 3. The molecule has 0 saturated heterocycles. The molecular formula is C11H14O4S. The van der Waals surface area contributed by atoms with Crippen molar-refractivity contribution in [1.29, 1.82) is 0 Å². The van der Waals surface area contributed by atoms with Crippen molar-refractivity contribution in [3.8, 4) is 0 Å². The van der Waals surface area contributed by atoms with Gasteiger partial charge in [0.05, 0.1) is 10.5 Å². The summed E-state index contributed by atoms with van der Waals surface area (Å²) < 4.78 is 22.6. The monoisotopic (exact) mass is 242 g/mol. The van der Waals surface area contributed by atoms with E-state index in [1.165, 1.54) is 18.2 Å². The Morgan fingerprint density at radius 3 is 2.44 bits per heavy atom. The normalized spacial score (nSPS) is 11.4. The van der Waals surface area contributed by atoms with E-state index in [0.29, 0.717) is 12.0 Å². The predicted molar refractivity (Wildman–Crippen MR) is 60.5 cm³/mol. The lowest BCUT2D eigenvalue weighted by Gasteiger charge is -2.07. The van der Waals surface area contributed by atoms with Crippen LogP contribution in [0.5, 0.6) is 0 Å². The molecule has 0 aliphatic carbocycles. The highest BCUT2D eigenvalue weighted by molar-refractivity contribution is 7.90. The molecule has 1 rings (SSSR count). The van der Waals surface area contributed by atoms with Crippen LogP contribution in [-0.2, 0) is 16.3 Å². The van der Waals surface area contributed by atoms with Crippen molar-refractivity contribution in [2.24, 2.45) is 0 Å². The summed E-state index contributed by atoms with van der Waals surface area (Å²) in [6.45, 7) is 1.92. The third-order valence-electron chi connectivity index (χ3n) is 2.25. The number of rotatable bonds is 4. The minimum absolute atomic E-state index is 0.168. The summed E-state index contributed by atoms with van der Waals surface area (Å²) in [6, 6.07) is 4.13. The second kappa shape index (κ2) is 4.65. The fourth-order valence-electron chi connectivity index (χ4n) is 1.49. The number of aryl methyl sites for hydroxylation is 1. The van der Waals surface area contributed by atoms with Crippen LogP contribution in [0.2, 0.25) is 0 Å². The minimum atomic E-state index is -3.28. The van der Waals surface area contributed by atoms with Crippen molar-refractivity contribution >= 4 is 15.8 Å². The van der Waals surface area contributed by atoms with Crippen LogP contribution in [0.1, 0.15) is 29.3 Å². The zero-order chi connectivity index (χ0) is 12.3. The van der Waals surface area contributed by atoms with Crippen LogP contribution < -0.4 is 0 Å². The molecule has 0 bridgehead atoms. The molecule has 1 aromatic carbocycles. The predicted octanol–water partition coefficient (Wildman–Crippen LogP) is 1.74. The molecule has 0 saturated carbocycles. The molecule has 0 unspecified atom stereocenters. The molecule has 0 atom stereocenters. The van der Waals surface area contributed by atoms with Crippen molar-refractivity contribution < 1.29 is 18.3 Å². The second-order valence-electron chi connectivity index (χ2n) is 3.65. The summed E-state index contributed by atoms with van der Waals surface area (Å²) >= 11 is 0. The van der Waals surface area contributed by atoms with E-state index in [2.05, 4.69) is 0 Å². The molecule has 0 spiro atoms. The van der Waals surface area contributed by atoms with Gasteiger partial charge in [0, 0.05) is 6.26 Å². The number of carboxylic acids is 1. The Morgan fingerprint density at radius 2 is 2.00 bits per heavy atom. The molecule has 0 heterocycles. The maximum absolute atomic E-state index is 11.3. The molecule has 5 heteroatoms. The van der Waals surface area contributed by atoms with Crippen molar-refractivity contribution in [2.45, 2.75) is 24.7 Å². The van der Waals surface area contributed by atoms with Gasteiger partial charge in [0.15, 0.2) is 9.84 Å². The summed E-state index contributed by atoms with van der Waals surface area (Å²) in [5.41, 5.74) is 0.743. The maximum atomic E-state index is 11.3. The van der Waals surface area contributed by atoms with Crippen LogP contribution in [0.25, 0.3) is 0 Å². The molecular weight excluding hydrogens is 228 g/mol. The first-order valence-electron chi connectivity index (χ1n) is 4.92. The molecule has 0 aliphatic rings. The first-order valence-corrected chi connectivity index (χ1v) is 6.81. The average Bonchev–Trinajstić information content (AvgIpc) is 2.16. The molecule has 16 heavy (non-hydrogen) atoms. The number of carboxylic acid groups (broad SMARTS) is 1. The van der Waals surface area contributed by atoms with E-state index in [0.717, 1.165) is 12.7 Å². The molecule has 0 radical (unpaired) electrons. The molecule has 0 aromatic heterocycles. The SMILES string of the molecule is CCCc1cc(S(C)(=O)=O)ccc1C(=O)O. The average molecular weight is 242 g/mol. The number of carbonyl (C=O) groups is 1. The molecule has 4 nitrogen and oxygen atoms in total. The van der Waals surface area contributed by atoms with E-state index in [9.17, 15) is 13.2 Å². The Kier molecular flexibility index (Phi) is 3.70. The fraction of sp³-hybridized carbons (Fsp3) is 0.364. The third-order valence-corrected chi connectivity index (χ3v) is 3.36. The number of hydrogen-bond donors (Lipinski definition) is 1. The lowest BCUT2D eigenvalue weighted by Crippen LogP contribution is -2.05. The minimum Gasteiger partial charge on any atom is -0.478 e. The summed E-state index contributed by atoms with van der Waals surface area (Å²) in [6.07, 6.45) is 2.44. The molecule has 88 valence electrons. The summed E-state index contributed by atoms with van der Waals surface area (Å²) in [4.78, 5) is 11.1. The Bertz CT molecular complexity index is 503. The van der Waals surface area contributed by atoms with Gasteiger partial charge in [-0.3, -0.25) is 0 Å². The van der Waals surface area contributed by atoms with E-state index in [1.807, 2.05) is 6.92 Å². The lowest BCUT2D eigenvalue weighted by molar-refractivity contribution is 0.0695. The lowest BCUT2D eigenvalue weighted by atomic mass is 10.0. The van der Waals surface area contributed by atoms with Gasteiger partial charge in [-0.25, -0.2) is 13.2 Å². The molecule has 1 aromatic rings. The van der Waals surface area contributed by atoms with Crippen molar-refractivity contribution in [2.75, 3.05) is 6.26 Å². The highest BCUT2D eigenvalue weighted by atomic mass is 32.2. The van der Waals surface area contributed by atoms with Gasteiger partial charge < -0.3 is 5.11 Å². The van der Waals surface area contributed by atoms with Crippen LogP contribution in [0.15, 0.2) is 23.1 Å². The second-order valence-corrected chi connectivity index (χ2v) is 5.66. The van der Waals surface area contributed by atoms with Crippen LogP contribution in [0.3, 0.4) is 0 Å². The van der Waals surface area contributed by atoms with Gasteiger partial charge in [-0.1, -0.05) is 13.3 Å². The van der Waals surface area contributed by atoms with Gasteiger partial charge in [-0.05, 0) is 30.2 Å². The van der Waals surface area contributed by atoms with Crippen molar-refractivity contribution in [3.63, 3.8) is 0 Å². The highest BCUT2D eigenvalue weighted by Crippen LogP contribution is 2.17.